The number of carbonyl (C=O) groups excluding carboxylic acids is 2. The van der Waals surface area contributed by atoms with E-state index in [0.717, 1.165) is 12.2 Å². The zero-order valence-corrected chi connectivity index (χ0v) is 10.4. The first-order valence-electron chi connectivity index (χ1n) is 6.00. The summed E-state index contributed by atoms with van der Waals surface area (Å²) in [6.07, 6.45) is 0.481. The average molecular weight is 247 g/mol. The molecule has 1 fully saturated rings. The van der Waals surface area contributed by atoms with Gasteiger partial charge in [-0.2, -0.15) is 0 Å². The first-order chi connectivity index (χ1) is 8.58. The number of rotatable bonds is 2. The van der Waals surface area contributed by atoms with Crippen LogP contribution in [0.3, 0.4) is 0 Å². The molecule has 1 saturated heterocycles. The number of hydrogen-bond donors (Lipinski definition) is 2. The van der Waals surface area contributed by atoms with E-state index in [-0.39, 0.29) is 11.7 Å². The topological polar surface area (TPSA) is 75.4 Å². The van der Waals surface area contributed by atoms with E-state index in [1.807, 2.05) is 6.07 Å². The Balaban J connectivity index is 2.20. The van der Waals surface area contributed by atoms with Gasteiger partial charge in [-0.25, -0.2) is 0 Å². The largest absolute Gasteiger partial charge is 0.398 e. The van der Waals surface area contributed by atoms with Crippen molar-refractivity contribution in [2.45, 2.75) is 13.3 Å². The number of ketones is 1. The van der Waals surface area contributed by atoms with Crippen molar-refractivity contribution in [3.05, 3.63) is 23.8 Å². The van der Waals surface area contributed by atoms with Crippen LogP contribution in [0.2, 0.25) is 0 Å². The molecule has 0 atom stereocenters. The number of Topliss-reactive ketones (excluding diaryl/α,β-unsaturated/α-hetero) is 1. The molecule has 1 heterocycles. The molecular weight excluding hydrogens is 230 g/mol. The third-order valence-electron chi connectivity index (χ3n) is 3.09. The predicted molar refractivity (Wildman–Crippen MR) is 70.7 cm³/mol. The van der Waals surface area contributed by atoms with E-state index in [9.17, 15) is 9.59 Å². The normalized spacial score (nSPS) is 16.1. The number of nitrogens with one attached hydrogen (secondary N) is 1. The van der Waals surface area contributed by atoms with E-state index in [2.05, 4.69) is 10.2 Å². The van der Waals surface area contributed by atoms with E-state index < -0.39 is 0 Å². The van der Waals surface area contributed by atoms with Gasteiger partial charge in [0.15, 0.2) is 5.78 Å². The molecule has 1 aromatic carbocycles. The van der Waals surface area contributed by atoms with Gasteiger partial charge in [-0.05, 0) is 25.1 Å². The summed E-state index contributed by atoms with van der Waals surface area (Å²) in [5, 5.41) is 2.82. The Labute approximate surface area is 106 Å². The van der Waals surface area contributed by atoms with Gasteiger partial charge < -0.3 is 16.0 Å². The summed E-state index contributed by atoms with van der Waals surface area (Å²) in [7, 11) is 0. The molecule has 0 bridgehead atoms. The molecule has 1 aromatic rings. The molecule has 0 unspecified atom stereocenters. The van der Waals surface area contributed by atoms with E-state index >= 15 is 0 Å². The van der Waals surface area contributed by atoms with Crippen molar-refractivity contribution in [2.75, 3.05) is 30.3 Å². The summed E-state index contributed by atoms with van der Waals surface area (Å²) in [6.45, 7) is 3.56. The Hall–Kier alpha value is -2.04. The molecule has 1 aliphatic heterocycles. The lowest BCUT2D eigenvalue weighted by atomic mass is 10.1. The van der Waals surface area contributed by atoms with Crippen LogP contribution in [0.5, 0.6) is 0 Å². The summed E-state index contributed by atoms with van der Waals surface area (Å²) in [5.74, 6) is 0.0394. The van der Waals surface area contributed by atoms with Crippen LogP contribution in [0, 0.1) is 0 Å². The van der Waals surface area contributed by atoms with Crippen molar-refractivity contribution in [3.63, 3.8) is 0 Å². The van der Waals surface area contributed by atoms with Crippen LogP contribution in [-0.4, -0.2) is 31.3 Å². The summed E-state index contributed by atoms with van der Waals surface area (Å²) < 4.78 is 0. The first-order valence-corrected chi connectivity index (χ1v) is 6.00. The maximum atomic E-state index is 11.3. The molecule has 5 nitrogen and oxygen atoms in total. The third-order valence-corrected chi connectivity index (χ3v) is 3.09. The van der Waals surface area contributed by atoms with Crippen LogP contribution in [0.4, 0.5) is 11.4 Å². The van der Waals surface area contributed by atoms with Gasteiger partial charge in [-0.3, -0.25) is 9.59 Å². The predicted octanol–water partition coefficient (Wildman–Crippen LogP) is 0.798. The van der Waals surface area contributed by atoms with Gasteiger partial charge in [0.2, 0.25) is 5.91 Å². The van der Waals surface area contributed by atoms with Crippen molar-refractivity contribution in [2.24, 2.45) is 0 Å². The molecule has 0 aliphatic carbocycles. The van der Waals surface area contributed by atoms with Crippen LogP contribution < -0.4 is 16.0 Å². The molecule has 3 N–H and O–H groups in total. The highest BCUT2D eigenvalue weighted by Gasteiger charge is 2.15. The molecule has 1 amide bonds. The summed E-state index contributed by atoms with van der Waals surface area (Å²) >= 11 is 0. The number of nitrogens with two attached hydrogens (primary N) is 1. The molecule has 2 rings (SSSR count). The number of benzene rings is 1. The molecule has 0 saturated carbocycles. The number of hydrogen-bond acceptors (Lipinski definition) is 4. The minimum atomic E-state index is -0.0354. The summed E-state index contributed by atoms with van der Waals surface area (Å²) in [5.41, 5.74) is 7.85. The Morgan fingerprint density at radius 2 is 2.17 bits per heavy atom. The maximum absolute atomic E-state index is 11.3. The second-order valence-electron chi connectivity index (χ2n) is 4.41. The van der Waals surface area contributed by atoms with Gasteiger partial charge in [0.25, 0.3) is 0 Å². The van der Waals surface area contributed by atoms with E-state index in [0.29, 0.717) is 30.8 Å². The molecule has 0 radical (unpaired) electrons. The zero-order chi connectivity index (χ0) is 13.1. The minimum Gasteiger partial charge on any atom is -0.398 e. The molecule has 18 heavy (non-hydrogen) atoms. The number of amides is 1. The fourth-order valence-corrected chi connectivity index (χ4v) is 2.09. The average Bonchev–Trinajstić information content (AvgIpc) is 2.53. The van der Waals surface area contributed by atoms with Crippen molar-refractivity contribution in [1.82, 2.24) is 5.32 Å². The quantitative estimate of drug-likeness (QED) is 0.598. The van der Waals surface area contributed by atoms with E-state index in [1.165, 1.54) is 6.92 Å². The SMILES string of the molecule is CC(=O)c1ccc(N2CCNC(=O)CC2)cc1N. The van der Waals surface area contributed by atoms with Crippen LogP contribution in [-0.2, 0) is 4.79 Å². The molecule has 0 spiro atoms. The summed E-state index contributed by atoms with van der Waals surface area (Å²) in [4.78, 5) is 24.7. The lowest BCUT2D eigenvalue weighted by Gasteiger charge is -2.22. The molecule has 5 heteroatoms. The molecule has 0 aromatic heterocycles. The van der Waals surface area contributed by atoms with Gasteiger partial charge >= 0.3 is 0 Å². The monoisotopic (exact) mass is 247 g/mol. The highest BCUT2D eigenvalue weighted by Crippen LogP contribution is 2.22. The maximum Gasteiger partial charge on any atom is 0.221 e. The fraction of sp³-hybridized carbons (Fsp3) is 0.385. The lowest BCUT2D eigenvalue weighted by molar-refractivity contribution is -0.120. The molecule has 96 valence electrons. The summed E-state index contributed by atoms with van der Waals surface area (Å²) in [6, 6.07) is 5.42. The van der Waals surface area contributed by atoms with Crippen molar-refractivity contribution >= 4 is 23.1 Å². The number of carbonyl (C=O) groups is 2. The smallest absolute Gasteiger partial charge is 0.221 e. The number of nitrogen functional groups attached to an aromatic ring is 1. The standard InChI is InChI=1S/C13H17N3O2/c1-9(17)11-3-2-10(8-12(11)14)16-6-4-13(18)15-5-7-16/h2-3,8H,4-7,14H2,1H3,(H,15,18). The van der Waals surface area contributed by atoms with Crippen LogP contribution in [0.1, 0.15) is 23.7 Å². The minimum absolute atomic E-state index is 0.0354. The van der Waals surface area contributed by atoms with Gasteiger partial charge in [0.05, 0.1) is 0 Å². The number of nitrogens with zero attached hydrogens (tertiary/aromatic N) is 1. The van der Waals surface area contributed by atoms with Gasteiger partial charge in [0.1, 0.15) is 0 Å². The molecule has 1 aliphatic rings. The van der Waals surface area contributed by atoms with E-state index in [1.54, 1.807) is 12.1 Å². The van der Waals surface area contributed by atoms with E-state index in [4.69, 9.17) is 5.73 Å². The van der Waals surface area contributed by atoms with Gasteiger partial charge in [-0.15, -0.1) is 0 Å². The van der Waals surface area contributed by atoms with Crippen molar-refractivity contribution < 1.29 is 9.59 Å². The lowest BCUT2D eigenvalue weighted by Crippen LogP contribution is -2.28. The van der Waals surface area contributed by atoms with Crippen LogP contribution in [0.15, 0.2) is 18.2 Å². The Morgan fingerprint density at radius 3 is 2.83 bits per heavy atom. The third kappa shape index (κ3) is 2.61. The zero-order valence-electron chi connectivity index (χ0n) is 10.4. The number of anilines is 2. The Bertz CT molecular complexity index is 485. The van der Waals surface area contributed by atoms with Gasteiger partial charge in [-0.1, -0.05) is 0 Å². The second-order valence-corrected chi connectivity index (χ2v) is 4.41. The Kier molecular flexibility index (Phi) is 3.50. The van der Waals surface area contributed by atoms with Gasteiger partial charge in [0, 0.05) is 43.0 Å². The molecular formula is C13H17N3O2. The first kappa shape index (κ1) is 12.4. The van der Waals surface area contributed by atoms with Crippen LogP contribution >= 0.6 is 0 Å². The highest BCUT2D eigenvalue weighted by molar-refractivity contribution is 5.99. The fourth-order valence-electron chi connectivity index (χ4n) is 2.09. The second kappa shape index (κ2) is 5.08. The van der Waals surface area contributed by atoms with Crippen molar-refractivity contribution in [1.29, 1.82) is 0 Å². The van der Waals surface area contributed by atoms with Crippen molar-refractivity contribution in [3.8, 4) is 0 Å². The Morgan fingerprint density at radius 1 is 1.39 bits per heavy atom. The highest BCUT2D eigenvalue weighted by atomic mass is 16.1. The van der Waals surface area contributed by atoms with Crippen LogP contribution in [0.25, 0.3) is 0 Å².